The Morgan fingerprint density at radius 3 is 2.75 bits per heavy atom. The maximum atomic E-state index is 10.5. The molecule has 1 N–H and O–H groups in total. The van der Waals surface area contributed by atoms with Gasteiger partial charge in [0, 0.05) is 28.8 Å². The third-order valence-electron chi connectivity index (χ3n) is 2.66. The molecule has 1 unspecified atom stereocenters. The van der Waals surface area contributed by atoms with Gasteiger partial charge in [-0.2, -0.15) is 0 Å². The third kappa shape index (κ3) is 2.96. The van der Waals surface area contributed by atoms with Gasteiger partial charge in [0.1, 0.15) is 0 Å². The highest BCUT2D eigenvalue weighted by atomic mass is 32.2. The third-order valence-corrected chi connectivity index (χ3v) is 3.84. The van der Waals surface area contributed by atoms with Crippen LogP contribution in [0.1, 0.15) is 12.8 Å². The number of hydrogen-bond donors (Lipinski definition) is 1. The van der Waals surface area contributed by atoms with E-state index in [0.29, 0.717) is 6.04 Å². The van der Waals surface area contributed by atoms with Crippen molar-refractivity contribution in [3.63, 3.8) is 0 Å². The van der Waals surface area contributed by atoms with Crippen LogP contribution in [0.5, 0.6) is 0 Å². The predicted molar refractivity (Wildman–Crippen MR) is 64.8 cm³/mol. The molecule has 0 amide bonds. The Kier molecular flexibility index (Phi) is 3.79. The lowest BCUT2D eigenvalue weighted by atomic mass is 10.3. The molecular formula is C11H14N2O2S. The number of nitrogens with one attached hydrogen (secondary N) is 1. The van der Waals surface area contributed by atoms with Crippen molar-refractivity contribution in [1.29, 1.82) is 0 Å². The van der Waals surface area contributed by atoms with Gasteiger partial charge in [0.15, 0.2) is 0 Å². The van der Waals surface area contributed by atoms with Crippen molar-refractivity contribution in [2.24, 2.45) is 0 Å². The number of nitro groups is 1. The largest absolute Gasteiger partial charge is 0.313 e. The second-order valence-electron chi connectivity index (χ2n) is 3.86. The van der Waals surface area contributed by atoms with E-state index < -0.39 is 0 Å². The van der Waals surface area contributed by atoms with E-state index in [4.69, 9.17) is 0 Å². The van der Waals surface area contributed by atoms with E-state index in [1.807, 2.05) is 12.1 Å². The number of nitrogens with zero attached hydrogens (tertiary/aromatic N) is 1. The minimum Gasteiger partial charge on any atom is -0.313 e. The van der Waals surface area contributed by atoms with Crippen molar-refractivity contribution in [3.8, 4) is 0 Å². The van der Waals surface area contributed by atoms with Gasteiger partial charge in [-0.1, -0.05) is 0 Å². The van der Waals surface area contributed by atoms with Crippen LogP contribution in [-0.2, 0) is 0 Å². The first-order chi connectivity index (χ1) is 7.75. The number of hydrogen-bond acceptors (Lipinski definition) is 4. The number of rotatable bonds is 4. The van der Waals surface area contributed by atoms with Crippen LogP contribution in [0.2, 0.25) is 0 Å². The Labute approximate surface area is 98.6 Å². The maximum Gasteiger partial charge on any atom is 0.269 e. The highest BCUT2D eigenvalue weighted by Crippen LogP contribution is 2.23. The molecule has 1 aromatic carbocycles. The van der Waals surface area contributed by atoms with Gasteiger partial charge in [-0.05, 0) is 31.5 Å². The first-order valence-electron chi connectivity index (χ1n) is 5.36. The van der Waals surface area contributed by atoms with Gasteiger partial charge in [-0.3, -0.25) is 10.1 Å². The standard InChI is InChI=1S/C11H14N2O2S/c14-13(15)10-3-5-11(6-4-10)16-8-9-2-1-7-12-9/h3-6,9,12H,1-2,7-8H2. The van der Waals surface area contributed by atoms with E-state index >= 15 is 0 Å². The lowest BCUT2D eigenvalue weighted by Crippen LogP contribution is -2.23. The van der Waals surface area contributed by atoms with Crippen LogP contribution >= 0.6 is 11.8 Å². The monoisotopic (exact) mass is 238 g/mol. The molecule has 0 bridgehead atoms. The van der Waals surface area contributed by atoms with E-state index in [1.165, 1.54) is 12.8 Å². The Morgan fingerprint density at radius 1 is 1.44 bits per heavy atom. The number of non-ortho nitro benzene ring substituents is 1. The topological polar surface area (TPSA) is 55.2 Å². The van der Waals surface area contributed by atoms with Gasteiger partial charge in [0.2, 0.25) is 0 Å². The summed E-state index contributed by atoms with van der Waals surface area (Å²) in [6, 6.07) is 7.35. The molecule has 0 aliphatic carbocycles. The van der Waals surface area contributed by atoms with Crippen molar-refractivity contribution in [2.45, 2.75) is 23.8 Å². The van der Waals surface area contributed by atoms with Crippen LogP contribution in [0.15, 0.2) is 29.2 Å². The first kappa shape index (κ1) is 11.4. The first-order valence-corrected chi connectivity index (χ1v) is 6.35. The van der Waals surface area contributed by atoms with Gasteiger partial charge in [-0.25, -0.2) is 0 Å². The van der Waals surface area contributed by atoms with Gasteiger partial charge in [0.05, 0.1) is 4.92 Å². The summed E-state index contributed by atoms with van der Waals surface area (Å²) in [7, 11) is 0. The van der Waals surface area contributed by atoms with Crippen LogP contribution in [0.4, 0.5) is 5.69 Å². The summed E-state index contributed by atoms with van der Waals surface area (Å²) in [4.78, 5) is 11.2. The maximum absolute atomic E-state index is 10.5. The van der Waals surface area contributed by atoms with Crippen LogP contribution in [0, 0.1) is 10.1 Å². The summed E-state index contributed by atoms with van der Waals surface area (Å²) in [5.41, 5.74) is 0.156. The molecule has 1 atom stereocenters. The van der Waals surface area contributed by atoms with Crippen LogP contribution in [0.25, 0.3) is 0 Å². The van der Waals surface area contributed by atoms with Crippen molar-refractivity contribution in [1.82, 2.24) is 5.32 Å². The molecule has 2 rings (SSSR count). The molecule has 86 valence electrons. The van der Waals surface area contributed by atoms with Gasteiger partial charge in [-0.15, -0.1) is 11.8 Å². The molecule has 1 aliphatic heterocycles. The molecule has 1 fully saturated rings. The molecule has 1 aromatic rings. The van der Waals surface area contributed by atoms with Crippen molar-refractivity contribution in [2.75, 3.05) is 12.3 Å². The molecule has 1 aliphatic rings. The zero-order valence-corrected chi connectivity index (χ0v) is 9.70. The zero-order chi connectivity index (χ0) is 11.4. The quantitative estimate of drug-likeness (QED) is 0.497. The molecule has 0 saturated carbocycles. The Morgan fingerprint density at radius 2 is 2.19 bits per heavy atom. The lowest BCUT2D eigenvalue weighted by Gasteiger charge is -2.08. The summed E-state index contributed by atoms with van der Waals surface area (Å²) >= 11 is 1.75. The smallest absolute Gasteiger partial charge is 0.269 e. The fourth-order valence-electron chi connectivity index (χ4n) is 1.76. The Balaban J connectivity index is 1.87. The number of benzene rings is 1. The summed E-state index contributed by atoms with van der Waals surface area (Å²) in [6.07, 6.45) is 2.49. The normalized spacial score (nSPS) is 19.9. The summed E-state index contributed by atoms with van der Waals surface area (Å²) in [5.74, 6) is 1.04. The minimum atomic E-state index is -0.368. The van der Waals surface area contributed by atoms with Crippen LogP contribution < -0.4 is 5.32 Å². The fourth-order valence-corrected chi connectivity index (χ4v) is 2.77. The molecular weight excluding hydrogens is 224 g/mol. The molecule has 1 saturated heterocycles. The highest BCUT2D eigenvalue weighted by molar-refractivity contribution is 7.99. The molecule has 1 heterocycles. The molecule has 0 spiro atoms. The molecule has 4 nitrogen and oxygen atoms in total. The van der Waals surface area contributed by atoms with Crippen molar-refractivity contribution in [3.05, 3.63) is 34.4 Å². The molecule has 16 heavy (non-hydrogen) atoms. The van der Waals surface area contributed by atoms with E-state index in [1.54, 1.807) is 23.9 Å². The average Bonchev–Trinajstić information content (AvgIpc) is 2.80. The van der Waals surface area contributed by atoms with Crippen molar-refractivity contribution >= 4 is 17.4 Å². The molecule has 0 radical (unpaired) electrons. The van der Waals surface area contributed by atoms with E-state index in [2.05, 4.69) is 5.32 Å². The van der Waals surface area contributed by atoms with E-state index in [9.17, 15) is 10.1 Å². The highest BCUT2D eigenvalue weighted by Gasteiger charge is 2.14. The second-order valence-corrected chi connectivity index (χ2v) is 4.95. The Hall–Kier alpha value is -1.07. The average molecular weight is 238 g/mol. The number of nitro benzene ring substituents is 1. The fraction of sp³-hybridized carbons (Fsp3) is 0.455. The van der Waals surface area contributed by atoms with Gasteiger partial charge >= 0.3 is 0 Å². The zero-order valence-electron chi connectivity index (χ0n) is 8.89. The summed E-state index contributed by atoms with van der Waals surface area (Å²) in [6.45, 7) is 1.12. The SMILES string of the molecule is O=[N+]([O-])c1ccc(SCC2CCCN2)cc1. The summed E-state index contributed by atoms with van der Waals surface area (Å²) in [5, 5.41) is 13.9. The number of thioether (sulfide) groups is 1. The van der Waals surface area contributed by atoms with Crippen molar-refractivity contribution < 1.29 is 4.92 Å². The molecule has 5 heteroatoms. The second kappa shape index (κ2) is 5.32. The van der Waals surface area contributed by atoms with E-state index in [0.717, 1.165) is 17.2 Å². The predicted octanol–water partition coefficient (Wildman–Crippen LogP) is 2.44. The van der Waals surface area contributed by atoms with Gasteiger partial charge in [0.25, 0.3) is 5.69 Å². The molecule has 0 aromatic heterocycles. The minimum absolute atomic E-state index is 0.156. The Bertz CT molecular complexity index is 361. The van der Waals surface area contributed by atoms with Crippen LogP contribution in [-0.4, -0.2) is 23.3 Å². The summed E-state index contributed by atoms with van der Waals surface area (Å²) < 4.78 is 0. The van der Waals surface area contributed by atoms with Crippen LogP contribution in [0.3, 0.4) is 0 Å². The van der Waals surface area contributed by atoms with E-state index in [-0.39, 0.29) is 10.6 Å². The van der Waals surface area contributed by atoms with Gasteiger partial charge < -0.3 is 5.32 Å². The lowest BCUT2D eigenvalue weighted by molar-refractivity contribution is -0.384.